The molecule has 7 heteroatoms. The highest BCUT2D eigenvalue weighted by Crippen LogP contribution is 2.12. The molecule has 0 fully saturated rings. The van der Waals surface area contributed by atoms with Crippen LogP contribution in [-0.4, -0.2) is 49.1 Å². The zero-order chi connectivity index (χ0) is 14.5. The van der Waals surface area contributed by atoms with Crippen molar-refractivity contribution in [1.82, 2.24) is 9.29 Å². The number of likely N-dealkylation sites (N-methyl/N-ethyl adjacent to an activating group) is 1. The van der Waals surface area contributed by atoms with Crippen LogP contribution in [0.4, 0.5) is 0 Å². The number of rotatable bonds is 7. The van der Waals surface area contributed by atoms with E-state index in [-0.39, 0.29) is 24.3 Å². The number of aromatic nitrogens is 1. The third kappa shape index (κ3) is 4.54. The topological polar surface area (TPSA) is 79.7 Å². The van der Waals surface area contributed by atoms with Gasteiger partial charge in [0.2, 0.25) is 0 Å². The Balaban J connectivity index is 2.72. The molecule has 0 radical (unpaired) electrons. The maximum absolute atomic E-state index is 12.2. The summed E-state index contributed by atoms with van der Waals surface area (Å²) < 4.78 is 30.8. The van der Waals surface area contributed by atoms with E-state index in [4.69, 9.17) is 9.84 Å². The Morgan fingerprint density at radius 1 is 1.42 bits per heavy atom. The number of aliphatic hydroxyl groups excluding tert-OH is 1. The smallest absolute Gasteiger partial charge is 0.260 e. The Morgan fingerprint density at radius 3 is 2.58 bits per heavy atom. The molecule has 1 N–H and O–H groups in total. The minimum absolute atomic E-state index is 0.0308. The Hall–Kier alpha value is -1.02. The lowest BCUT2D eigenvalue weighted by Crippen LogP contribution is -2.31. The van der Waals surface area contributed by atoms with E-state index >= 15 is 0 Å². The number of sulfonamides is 1. The lowest BCUT2D eigenvalue weighted by Gasteiger charge is -2.17. The predicted molar refractivity (Wildman–Crippen MR) is 71.1 cm³/mol. The molecule has 1 aromatic heterocycles. The first kappa shape index (κ1) is 16.0. The molecular weight excluding hydrogens is 268 g/mol. The third-order valence-electron chi connectivity index (χ3n) is 2.51. The van der Waals surface area contributed by atoms with Gasteiger partial charge in [-0.1, -0.05) is 6.07 Å². The van der Waals surface area contributed by atoms with Crippen molar-refractivity contribution in [3.05, 3.63) is 23.9 Å². The fourth-order valence-corrected chi connectivity index (χ4v) is 2.41. The molecule has 0 aliphatic rings. The van der Waals surface area contributed by atoms with E-state index < -0.39 is 10.0 Å². The molecule has 0 saturated heterocycles. The van der Waals surface area contributed by atoms with Gasteiger partial charge in [-0.25, -0.2) is 13.4 Å². The van der Waals surface area contributed by atoms with Crippen molar-refractivity contribution < 1.29 is 18.3 Å². The third-order valence-corrected chi connectivity index (χ3v) is 4.29. The van der Waals surface area contributed by atoms with E-state index in [2.05, 4.69) is 4.98 Å². The van der Waals surface area contributed by atoms with Crippen LogP contribution >= 0.6 is 0 Å². The van der Waals surface area contributed by atoms with E-state index in [0.29, 0.717) is 12.2 Å². The molecule has 0 unspecified atom stereocenters. The van der Waals surface area contributed by atoms with Crippen LogP contribution in [0.15, 0.2) is 23.4 Å². The van der Waals surface area contributed by atoms with Gasteiger partial charge in [0.25, 0.3) is 10.0 Å². The Labute approximate surface area is 114 Å². The number of ether oxygens (including phenoxy) is 1. The molecule has 1 heterocycles. The molecule has 0 aromatic carbocycles. The van der Waals surface area contributed by atoms with Crippen molar-refractivity contribution in [2.45, 2.75) is 31.6 Å². The first-order valence-electron chi connectivity index (χ1n) is 6.01. The van der Waals surface area contributed by atoms with Crippen LogP contribution in [0, 0.1) is 0 Å². The van der Waals surface area contributed by atoms with Crippen LogP contribution in [0.2, 0.25) is 0 Å². The first-order valence-corrected chi connectivity index (χ1v) is 7.45. The van der Waals surface area contributed by atoms with E-state index in [1.807, 2.05) is 13.8 Å². The van der Waals surface area contributed by atoms with E-state index in [1.54, 1.807) is 6.07 Å². The summed E-state index contributed by atoms with van der Waals surface area (Å²) in [5.41, 5.74) is 0.574. The van der Waals surface area contributed by atoms with Gasteiger partial charge in [-0.15, -0.1) is 0 Å². The lowest BCUT2D eigenvalue weighted by molar-refractivity contribution is 0.0737. The molecule has 19 heavy (non-hydrogen) atoms. The lowest BCUT2D eigenvalue weighted by atomic mass is 10.3. The van der Waals surface area contributed by atoms with Gasteiger partial charge in [0.1, 0.15) is 0 Å². The van der Waals surface area contributed by atoms with Gasteiger partial charge in [0.05, 0.1) is 19.3 Å². The molecule has 0 atom stereocenters. The Bertz CT molecular complexity index is 485. The number of hydrogen-bond donors (Lipinski definition) is 1. The molecule has 0 amide bonds. The number of nitrogens with zero attached hydrogens (tertiary/aromatic N) is 2. The van der Waals surface area contributed by atoms with Crippen molar-refractivity contribution >= 4 is 10.0 Å². The molecular formula is C12H20N2O4S. The number of hydrogen-bond acceptors (Lipinski definition) is 5. The Morgan fingerprint density at radius 2 is 2.11 bits per heavy atom. The summed E-state index contributed by atoms with van der Waals surface area (Å²) in [6.07, 6.45) is 1.42. The average molecular weight is 288 g/mol. The Kier molecular flexibility index (Phi) is 5.86. The SMILES string of the molecule is CC(C)OCCN(C)S(=O)(=O)c1ccc(CO)cn1. The number of pyridine rings is 1. The molecule has 108 valence electrons. The molecule has 6 nitrogen and oxygen atoms in total. The van der Waals surface area contributed by atoms with Crippen molar-refractivity contribution in [3.8, 4) is 0 Å². The van der Waals surface area contributed by atoms with Gasteiger partial charge in [-0.2, -0.15) is 4.31 Å². The van der Waals surface area contributed by atoms with Gasteiger partial charge in [-0.05, 0) is 25.5 Å². The van der Waals surface area contributed by atoms with Crippen LogP contribution in [0.1, 0.15) is 19.4 Å². The molecule has 0 saturated carbocycles. The zero-order valence-electron chi connectivity index (χ0n) is 11.4. The van der Waals surface area contributed by atoms with Crippen LogP contribution in [0.5, 0.6) is 0 Å². The molecule has 1 rings (SSSR count). The summed E-state index contributed by atoms with van der Waals surface area (Å²) in [5.74, 6) is 0. The fourth-order valence-electron chi connectivity index (χ4n) is 1.35. The molecule has 0 aliphatic heterocycles. The average Bonchev–Trinajstić information content (AvgIpc) is 2.38. The fraction of sp³-hybridized carbons (Fsp3) is 0.583. The van der Waals surface area contributed by atoms with Gasteiger partial charge < -0.3 is 9.84 Å². The second kappa shape index (κ2) is 6.95. The predicted octanol–water partition coefficient (Wildman–Crippen LogP) is 0.619. The minimum Gasteiger partial charge on any atom is -0.392 e. The largest absolute Gasteiger partial charge is 0.392 e. The second-order valence-corrected chi connectivity index (χ2v) is 6.40. The van der Waals surface area contributed by atoms with E-state index in [0.717, 1.165) is 0 Å². The summed E-state index contributed by atoms with van der Waals surface area (Å²) in [6, 6.07) is 2.93. The highest BCUT2D eigenvalue weighted by Gasteiger charge is 2.21. The van der Waals surface area contributed by atoms with E-state index in [9.17, 15) is 8.42 Å². The monoisotopic (exact) mass is 288 g/mol. The van der Waals surface area contributed by atoms with Crippen LogP contribution in [-0.2, 0) is 21.4 Å². The standard InChI is InChI=1S/C12H20N2O4S/c1-10(2)18-7-6-14(3)19(16,17)12-5-4-11(9-15)8-13-12/h4-5,8,10,15H,6-7,9H2,1-3H3. The molecule has 0 aliphatic carbocycles. The molecule has 1 aromatic rings. The first-order chi connectivity index (χ1) is 8.87. The normalized spacial score (nSPS) is 12.3. The maximum Gasteiger partial charge on any atom is 0.260 e. The summed E-state index contributed by atoms with van der Waals surface area (Å²) in [5, 5.41) is 8.86. The van der Waals surface area contributed by atoms with E-state index in [1.165, 1.54) is 23.6 Å². The quantitative estimate of drug-likeness (QED) is 0.795. The maximum atomic E-state index is 12.2. The van der Waals surface area contributed by atoms with Gasteiger partial charge in [0, 0.05) is 19.8 Å². The van der Waals surface area contributed by atoms with Crippen LogP contribution in [0.25, 0.3) is 0 Å². The van der Waals surface area contributed by atoms with Crippen LogP contribution < -0.4 is 0 Å². The summed E-state index contributed by atoms with van der Waals surface area (Å²) in [6.45, 7) is 4.23. The van der Waals surface area contributed by atoms with Crippen molar-refractivity contribution in [3.63, 3.8) is 0 Å². The summed E-state index contributed by atoms with van der Waals surface area (Å²) in [7, 11) is -2.11. The highest BCUT2D eigenvalue weighted by atomic mass is 32.2. The summed E-state index contributed by atoms with van der Waals surface area (Å²) in [4.78, 5) is 3.86. The van der Waals surface area contributed by atoms with Crippen LogP contribution in [0.3, 0.4) is 0 Å². The zero-order valence-corrected chi connectivity index (χ0v) is 12.2. The molecule has 0 spiro atoms. The van der Waals surface area contributed by atoms with Crippen molar-refractivity contribution in [2.24, 2.45) is 0 Å². The van der Waals surface area contributed by atoms with Gasteiger partial charge in [0.15, 0.2) is 5.03 Å². The van der Waals surface area contributed by atoms with Crippen molar-refractivity contribution in [1.29, 1.82) is 0 Å². The highest BCUT2D eigenvalue weighted by molar-refractivity contribution is 7.89. The minimum atomic E-state index is -3.60. The molecule has 0 bridgehead atoms. The number of aliphatic hydroxyl groups is 1. The second-order valence-electron chi connectivity index (χ2n) is 4.41. The van der Waals surface area contributed by atoms with Gasteiger partial charge >= 0.3 is 0 Å². The summed E-state index contributed by atoms with van der Waals surface area (Å²) >= 11 is 0. The van der Waals surface area contributed by atoms with Gasteiger partial charge in [-0.3, -0.25) is 0 Å². The van der Waals surface area contributed by atoms with Crippen molar-refractivity contribution in [2.75, 3.05) is 20.2 Å².